The Hall–Kier alpha value is -2.03. The smallest absolute Gasteiger partial charge is 0.257 e. The Kier molecular flexibility index (Phi) is 2.54. The third kappa shape index (κ3) is 1.76. The van der Waals surface area contributed by atoms with Crippen LogP contribution in [0.15, 0.2) is 47.6 Å². The summed E-state index contributed by atoms with van der Waals surface area (Å²) < 4.78 is 4.93. The highest BCUT2D eigenvalue weighted by atomic mass is 16.5. The molecule has 0 radical (unpaired) electrons. The molecule has 0 saturated heterocycles. The van der Waals surface area contributed by atoms with Crippen molar-refractivity contribution < 1.29 is 9.94 Å². The molecule has 0 spiro atoms. The van der Waals surface area contributed by atoms with Gasteiger partial charge in [0.15, 0.2) is 0 Å². The van der Waals surface area contributed by atoms with Crippen LogP contribution in [0.1, 0.15) is 5.56 Å². The number of hydrogen-bond acceptors (Lipinski definition) is 3. The van der Waals surface area contributed by atoms with Gasteiger partial charge in [0.2, 0.25) is 0 Å². The molecule has 0 heterocycles. The van der Waals surface area contributed by atoms with E-state index < -0.39 is 0 Å². The number of benzene rings is 2. The maximum atomic E-state index is 8.71. The van der Waals surface area contributed by atoms with Crippen molar-refractivity contribution in [2.45, 2.75) is 0 Å². The lowest BCUT2D eigenvalue weighted by Crippen LogP contribution is -2.02. The van der Waals surface area contributed by atoms with E-state index in [4.69, 9.17) is 9.94 Å². The van der Waals surface area contributed by atoms with Gasteiger partial charge in [-0.2, -0.15) is 0 Å². The SMILES string of the molecule is CO/C(=N\O)c1ccc2ccccc2c1. The van der Waals surface area contributed by atoms with E-state index in [0.717, 1.165) is 16.3 Å². The monoisotopic (exact) mass is 201 g/mol. The summed E-state index contributed by atoms with van der Waals surface area (Å²) in [5, 5.41) is 14.0. The topological polar surface area (TPSA) is 41.8 Å². The second-order valence-electron chi connectivity index (χ2n) is 3.17. The van der Waals surface area contributed by atoms with Gasteiger partial charge in [-0.3, -0.25) is 0 Å². The van der Waals surface area contributed by atoms with Crippen molar-refractivity contribution in [1.29, 1.82) is 0 Å². The van der Waals surface area contributed by atoms with Crippen molar-refractivity contribution in [1.82, 2.24) is 0 Å². The first-order valence-corrected chi connectivity index (χ1v) is 4.60. The number of ether oxygens (including phenoxy) is 1. The molecule has 0 aliphatic rings. The Morgan fingerprint density at radius 3 is 2.53 bits per heavy atom. The molecule has 0 saturated carbocycles. The van der Waals surface area contributed by atoms with Crippen molar-refractivity contribution in [3.8, 4) is 0 Å². The van der Waals surface area contributed by atoms with Crippen LogP contribution in [-0.4, -0.2) is 18.2 Å². The van der Waals surface area contributed by atoms with Gasteiger partial charge >= 0.3 is 0 Å². The Bertz CT molecular complexity index is 506. The summed E-state index contributed by atoms with van der Waals surface area (Å²) in [4.78, 5) is 0. The van der Waals surface area contributed by atoms with Crippen molar-refractivity contribution in [2.24, 2.45) is 5.16 Å². The molecule has 0 aliphatic carbocycles. The highest BCUT2D eigenvalue weighted by molar-refractivity contribution is 5.98. The zero-order chi connectivity index (χ0) is 10.7. The van der Waals surface area contributed by atoms with Crippen LogP contribution in [0.3, 0.4) is 0 Å². The van der Waals surface area contributed by atoms with E-state index in [1.165, 1.54) is 7.11 Å². The lowest BCUT2D eigenvalue weighted by atomic mass is 10.1. The van der Waals surface area contributed by atoms with E-state index in [-0.39, 0.29) is 5.90 Å². The molecule has 0 atom stereocenters. The van der Waals surface area contributed by atoms with Crippen molar-refractivity contribution in [2.75, 3.05) is 7.11 Å². The third-order valence-electron chi connectivity index (χ3n) is 2.28. The fourth-order valence-electron chi connectivity index (χ4n) is 1.54. The van der Waals surface area contributed by atoms with Crippen LogP contribution in [0.2, 0.25) is 0 Å². The average molecular weight is 201 g/mol. The van der Waals surface area contributed by atoms with E-state index in [9.17, 15) is 0 Å². The first-order valence-electron chi connectivity index (χ1n) is 4.60. The number of oxime groups is 1. The molecule has 2 aromatic rings. The van der Waals surface area contributed by atoms with Crippen molar-refractivity contribution in [3.63, 3.8) is 0 Å². The zero-order valence-corrected chi connectivity index (χ0v) is 8.34. The first kappa shape index (κ1) is 9.52. The largest absolute Gasteiger partial charge is 0.479 e. The summed E-state index contributed by atoms with van der Waals surface area (Å²) in [6, 6.07) is 13.7. The minimum Gasteiger partial charge on any atom is -0.479 e. The normalized spacial score (nSPS) is 11.7. The number of hydrogen-bond donors (Lipinski definition) is 1. The number of nitrogens with zero attached hydrogens (tertiary/aromatic N) is 1. The van der Waals surface area contributed by atoms with Crippen molar-refractivity contribution in [3.05, 3.63) is 48.0 Å². The van der Waals surface area contributed by atoms with Crippen LogP contribution < -0.4 is 0 Å². The molecule has 2 aromatic carbocycles. The average Bonchev–Trinajstić information content (AvgIpc) is 2.30. The van der Waals surface area contributed by atoms with E-state index in [2.05, 4.69) is 5.16 Å². The molecule has 0 bridgehead atoms. The molecule has 2 rings (SSSR count). The third-order valence-corrected chi connectivity index (χ3v) is 2.28. The van der Waals surface area contributed by atoms with Gasteiger partial charge in [-0.25, -0.2) is 0 Å². The van der Waals surface area contributed by atoms with E-state index in [0.29, 0.717) is 0 Å². The van der Waals surface area contributed by atoms with Gasteiger partial charge in [-0.15, -0.1) is 0 Å². The lowest BCUT2D eigenvalue weighted by molar-refractivity contribution is 0.287. The van der Waals surface area contributed by atoms with E-state index in [1.807, 2.05) is 42.5 Å². The summed E-state index contributed by atoms with van der Waals surface area (Å²) in [7, 11) is 1.48. The van der Waals surface area contributed by atoms with Gasteiger partial charge in [-0.1, -0.05) is 30.3 Å². The molecule has 3 nitrogen and oxygen atoms in total. The van der Waals surface area contributed by atoms with Gasteiger partial charge in [0.05, 0.1) is 7.11 Å². The Morgan fingerprint density at radius 2 is 1.87 bits per heavy atom. The second kappa shape index (κ2) is 4.00. The summed E-state index contributed by atoms with van der Waals surface area (Å²) in [5.74, 6) is 0.223. The summed E-state index contributed by atoms with van der Waals surface area (Å²) in [5.41, 5.74) is 0.763. The number of fused-ring (bicyclic) bond motifs is 1. The van der Waals surface area contributed by atoms with Gasteiger partial charge in [0.1, 0.15) is 0 Å². The molecule has 3 heteroatoms. The molecule has 1 N–H and O–H groups in total. The molecule has 0 unspecified atom stereocenters. The highest BCUT2D eigenvalue weighted by Gasteiger charge is 2.04. The standard InChI is InChI=1S/C12H11NO2/c1-15-12(13-14)11-7-6-9-4-2-3-5-10(9)8-11/h2-8,14H,1H3/b13-12-. The fraction of sp³-hybridized carbons (Fsp3) is 0.0833. The summed E-state index contributed by atoms with van der Waals surface area (Å²) in [6.07, 6.45) is 0. The Morgan fingerprint density at radius 1 is 1.13 bits per heavy atom. The van der Waals surface area contributed by atoms with E-state index >= 15 is 0 Å². The Balaban J connectivity index is 2.56. The molecule has 0 fully saturated rings. The van der Waals surface area contributed by atoms with Gasteiger partial charge < -0.3 is 9.94 Å². The van der Waals surface area contributed by atoms with Crippen LogP contribution in [0.25, 0.3) is 10.8 Å². The van der Waals surface area contributed by atoms with Gasteiger partial charge in [-0.05, 0) is 28.1 Å². The molecule has 76 valence electrons. The van der Waals surface area contributed by atoms with Crippen molar-refractivity contribution >= 4 is 16.7 Å². The molecule has 0 aliphatic heterocycles. The molecule has 0 aromatic heterocycles. The van der Waals surface area contributed by atoms with Crippen LogP contribution >= 0.6 is 0 Å². The number of rotatable bonds is 1. The summed E-state index contributed by atoms with van der Waals surface area (Å²) >= 11 is 0. The molecule has 15 heavy (non-hydrogen) atoms. The lowest BCUT2D eigenvalue weighted by Gasteiger charge is -2.04. The highest BCUT2D eigenvalue weighted by Crippen LogP contribution is 2.16. The minimum absolute atomic E-state index is 0.223. The minimum atomic E-state index is 0.223. The van der Waals surface area contributed by atoms with Crippen LogP contribution in [0, 0.1) is 0 Å². The van der Waals surface area contributed by atoms with E-state index in [1.54, 1.807) is 0 Å². The molecular weight excluding hydrogens is 190 g/mol. The maximum Gasteiger partial charge on any atom is 0.257 e. The molecule has 0 amide bonds. The first-order chi connectivity index (χ1) is 7.35. The second-order valence-corrected chi connectivity index (χ2v) is 3.17. The van der Waals surface area contributed by atoms with Gasteiger partial charge in [0.25, 0.3) is 5.90 Å². The predicted octanol–water partition coefficient (Wildman–Crippen LogP) is 2.62. The zero-order valence-electron chi connectivity index (χ0n) is 8.34. The van der Waals surface area contributed by atoms with Crippen LogP contribution in [0.4, 0.5) is 0 Å². The van der Waals surface area contributed by atoms with Gasteiger partial charge in [0, 0.05) is 5.56 Å². The fourth-order valence-corrected chi connectivity index (χ4v) is 1.54. The maximum absolute atomic E-state index is 8.71. The Labute approximate surface area is 87.6 Å². The van der Waals surface area contributed by atoms with Crippen LogP contribution in [0.5, 0.6) is 0 Å². The molecular formula is C12H11NO2. The van der Waals surface area contributed by atoms with Crippen LogP contribution in [-0.2, 0) is 4.74 Å². The summed E-state index contributed by atoms with van der Waals surface area (Å²) in [6.45, 7) is 0. The quantitative estimate of drug-likeness (QED) is 0.333. The predicted molar refractivity (Wildman–Crippen MR) is 59.3 cm³/mol. The number of methoxy groups -OCH3 is 1.